The summed E-state index contributed by atoms with van der Waals surface area (Å²) < 4.78 is 5.56. The van der Waals surface area contributed by atoms with Crippen molar-refractivity contribution in [2.24, 2.45) is 11.7 Å². The third kappa shape index (κ3) is 3.24. The summed E-state index contributed by atoms with van der Waals surface area (Å²) in [6.07, 6.45) is 9.28. The smallest absolute Gasteiger partial charge is 0.0512 e. The first-order chi connectivity index (χ1) is 9.84. The van der Waals surface area contributed by atoms with Gasteiger partial charge in [0.05, 0.1) is 6.61 Å². The normalized spacial score (nSPS) is 26.4. The highest BCUT2D eigenvalue weighted by molar-refractivity contribution is 5.28. The summed E-state index contributed by atoms with van der Waals surface area (Å²) in [7, 11) is 0. The molecule has 2 atom stereocenters. The van der Waals surface area contributed by atoms with Gasteiger partial charge in [-0.3, -0.25) is 0 Å². The van der Waals surface area contributed by atoms with Gasteiger partial charge in [-0.25, -0.2) is 0 Å². The van der Waals surface area contributed by atoms with E-state index in [1.165, 1.54) is 49.7 Å². The fraction of sp³-hybridized carbons (Fsp3) is 0.667. The van der Waals surface area contributed by atoms with E-state index in [-0.39, 0.29) is 6.04 Å². The van der Waals surface area contributed by atoms with Crippen molar-refractivity contribution in [3.05, 3.63) is 35.4 Å². The maximum absolute atomic E-state index is 6.42. The van der Waals surface area contributed by atoms with Gasteiger partial charge in [-0.15, -0.1) is 0 Å². The van der Waals surface area contributed by atoms with Crippen molar-refractivity contribution in [2.75, 3.05) is 13.2 Å². The van der Waals surface area contributed by atoms with Crippen molar-refractivity contribution in [3.8, 4) is 0 Å². The third-order valence-corrected chi connectivity index (χ3v) is 5.10. The first kappa shape index (κ1) is 14.1. The summed E-state index contributed by atoms with van der Waals surface area (Å²) >= 11 is 0. The Kier molecular flexibility index (Phi) is 4.74. The molecule has 1 aliphatic carbocycles. The van der Waals surface area contributed by atoms with E-state index in [0.29, 0.717) is 5.92 Å². The van der Waals surface area contributed by atoms with Gasteiger partial charge >= 0.3 is 0 Å². The summed E-state index contributed by atoms with van der Waals surface area (Å²) in [5.74, 6) is 1.27. The van der Waals surface area contributed by atoms with Crippen LogP contribution in [0.1, 0.15) is 68.0 Å². The topological polar surface area (TPSA) is 35.2 Å². The zero-order chi connectivity index (χ0) is 13.8. The number of ether oxygens (including phenoxy) is 1. The van der Waals surface area contributed by atoms with Crippen LogP contribution < -0.4 is 5.73 Å². The molecule has 0 radical (unpaired) electrons. The summed E-state index contributed by atoms with van der Waals surface area (Å²) in [5, 5.41) is 0. The lowest BCUT2D eigenvalue weighted by atomic mass is 9.83. The Morgan fingerprint density at radius 1 is 0.950 bits per heavy atom. The number of hydrogen-bond acceptors (Lipinski definition) is 2. The molecule has 3 rings (SSSR count). The Bertz CT molecular complexity index is 402. The quantitative estimate of drug-likeness (QED) is 0.897. The van der Waals surface area contributed by atoms with Gasteiger partial charge in [0, 0.05) is 18.6 Å². The highest BCUT2D eigenvalue weighted by Crippen LogP contribution is 2.34. The summed E-state index contributed by atoms with van der Waals surface area (Å²) in [6.45, 7) is 1.73. The van der Waals surface area contributed by atoms with Crippen LogP contribution in [0.25, 0.3) is 0 Å². The SMILES string of the molecule is NC(c1ccc(C2CCCCC2)cc1)C1CCCOC1. The van der Waals surface area contributed by atoms with Crippen LogP contribution in [0, 0.1) is 5.92 Å². The number of benzene rings is 1. The van der Waals surface area contributed by atoms with Gasteiger partial charge in [0.2, 0.25) is 0 Å². The fourth-order valence-corrected chi connectivity index (χ4v) is 3.75. The Balaban J connectivity index is 1.65. The molecule has 2 fully saturated rings. The first-order valence-corrected chi connectivity index (χ1v) is 8.28. The monoisotopic (exact) mass is 273 g/mol. The number of hydrogen-bond donors (Lipinski definition) is 1. The summed E-state index contributed by atoms with van der Waals surface area (Å²) in [4.78, 5) is 0. The van der Waals surface area contributed by atoms with Gasteiger partial charge in [-0.05, 0) is 42.7 Å². The standard InChI is InChI=1S/C18H27NO/c19-18(17-7-4-12-20-13-17)16-10-8-15(9-11-16)14-5-2-1-3-6-14/h8-11,14,17-18H,1-7,12-13,19H2. The molecule has 0 amide bonds. The Morgan fingerprint density at radius 2 is 1.70 bits per heavy atom. The molecule has 2 nitrogen and oxygen atoms in total. The molecule has 110 valence electrons. The minimum absolute atomic E-state index is 0.135. The maximum Gasteiger partial charge on any atom is 0.0512 e. The molecular formula is C18H27NO. The van der Waals surface area contributed by atoms with Gasteiger partial charge < -0.3 is 10.5 Å². The number of nitrogens with two attached hydrogens (primary N) is 1. The van der Waals surface area contributed by atoms with E-state index in [0.717, 1.165) is 25.6 Å². The lowest BCUT2D eigenvalue weighted by molar-refractivity contribution is 0.0448. The fourth-order valence-electron chi connectivity index (χ4n) is 3.75. The Morgan fingerprint density at radius 3 is 2.35 bits per heavy atom. The molecule has 1 aliphatic heterocycles. The minimum Gasteiger partial charge on any atom is -0.381 e. The largest absolute Gasteiger partial charge is 0.381 e. The lowest BCUT2D eigenvalue weighted by Gasteiger charge is -2.28. The molecule has 2 N–H and O–H groups in total. The predicted octanol–water partition coefficient (Wildman–Crippen LogP) is 4.16. The first-order valence-electron chi connectivity index (χ1n) is 8.28. The molecule has 1 aromatic carbocycles. The van der Waals surface area contributed by atoms with Crippen molar-refractivity contribution in [3.63, 3.8) is 0 Å². The molecule has 1 saturated carbocycles. The van der Waals surface area contributed by atoms with Crippen LogP contribution in [-0.4, -0.2) is 13.2 Å². The van der Waals surface area contributed by atoms with E-state index < -0.39 is 0 Å². The van der Waals surface area contributed by atoms with Crippen LogP contribution >= 0.6 is 0 Å². The molecular weight excluding hydrogens is 246 g/mol. The minimum atomic E-state index is 0.135. The second-order valence-corrected chi connectivity index (χ2v) is 6.50. The van der Waals surface area contributed by atoms with E-state index in [9.17, 15) is 0 Å². The van der Waals surface area contributed by atoms with E-state index in [1.54, 1.807) is 0 Å². The van der Waals surface area contributed by atoms with Crippen LogP contribution in [0.4, 0.5) is 0 Å². The Labute approximate surface area is 122 Å². The van der Waals surface area contributed by atoms with Gasteiger partial charge in [0.25, 0.3) is 0 Å². The molecule has 0 bridgehead atoms. The van der Waals surface area contributed by atoms with Crippen LogP contribution in [0.2, 0.25) is 0 Å². The molecule has 2 aliphatic rings. The van der Waals surface area contributed by atoms with Crippen molar-refractivity contribution >= 4 is 0 Å². The average molecular weight is 273 g/mol. The highest BCUT2D eigenvalue weighted by atomic mass is 16.5. The molecule has 2 unspecified atom stereocenters. The van der Waals surface area contributed by atoms with Crippen molar-refractivity contribution in [1.82, 2.24) is 0 Å². The van der Waals surface area contributed by atoms with E-state index >= 15 is 0 Å². The van der Waals surface area contributed by atoms with E-state index in [1.807, 2.05) is 0 Å². The van der Waals surface area contributed by atoms with E-state index in [4.69, 9.17) is 10.5 Å². The van der Waals surface area contributed by atoms with Crippen LogP contribution in [0.15, 0.2) is 24.3 Å². The summed E-state index contributed by atoms with van der Waals surface area (Å²) in [6, 6.07) is 9.27. The van der Waals surface area contributed by atoms with Crippen LogP contribution in [0.3, 0.4) is 0 Å². The maximum atomic E-state index is 6.42. The molecule has 0 aromatic heterocycles. The van der Waals surface area contributed by atoms with Gasteiger partial charge in [0.15, 0.2) is 0 Å². The van der Waals surface area contributed by atoms with Crippen molar-refractivity contribution < 1.29 is 4.74 Å². The van der Waals surface area contributed by atoms with Crippen molar-refractivity contribution in [2.45, 2.75) is 56.9 Å². The number of rotatable bonds is 3. The lowest BCUT2D eigenvalue weighted by Crippen LogP contribution is -2.29. The average Bonchev–Trinajstić information content (AvgIpc) is 2.56. The molecule has 0 spiro atoms. The van der Waals surface area contributed by atoms with Gasteiger partial charge in [-0.2, -0.15) is 0 Å². The molecule has 1 aromatic rings. The molecule has 1 heterocycles. The highest BCUT2D eigenvalue weighted by Gasteiger charge is 2.23. The van der Waals surface area contributed by atoms with Gasteiger partial charge in [0.1, 0.15) is 0 Å². The Hall–Kier alpha value is -0.860. The van der Waals surface area contributed by atoms with Crippen LogP contribution in [-0.2, 0) is 4.74 Å². The zero-order valence-corrected chi connectivity index (χ0v) is 12.4. The predicted molar refractivity (Wildman–Crippen MR) is 82.7 cm³/mol. The molecule has 2 heteroatoms. The summed E-state index contributed by atoms with van der Waals surface area (Å²) in [5.41, 5.74) is 9.21. The zero-order valence-electron chi connectivity index (χ0n) is 12.4. The molecule has 1 saturated heterocycles. The molecule has 20 heavy (non-hydrogen) atoms. The third-order valence-electron chi connectivity index (χ3n) is 5.10. The van der Waals surface area contributed by atoms with Crippen LogP contribution in [0.5, 0.6) is 0 Å². The van der Waals surface area contributed by atoms with Gasteiger partial charge in [-0.1, -0.05) is 43.5 Å². The second-order valence-electron chi connectivity index (χ2n) is 6.50. The second kappa shape index (κ2) is 6.73. The van der Waals surface area contributed by atoms with E-state index in [2.05, 4.69) is 24.3 Å². The van der Waals surface area contributed by atoms with Crippen molar-refractivity contribution in [1.29, 1.82) is 0 Å².